The molecule has 186 valence electrons. The Balaban J connectivity index is 1.86. The van der Waals surface area contributed by atoms with Crippen LogP contribution in [-0.4, -0.2) is 27.0 Å². The largest absolute Gasteiger partial charge is 0.322 e. The molecule has 0 aliphatic heterocycles. The molecule has 1 atom stereocenters. The monoisotopic (exact) mass is 502 g/mol. The standard InChI is InChI=1S/C29H31ClN4O2/c1-4-6-18-33(29(36)31-22-16-14-20(3)15-17-22)26(5-2)27-32-25-13-8-7-12-24(25)28(35)34(27)23-11-9-10-21(30)19-23/h7-17,19,26H,4-6,18H2,1-3H3,(H,31,36). The highest BCUT2D eigenvalue weighted by atomic mass is 35.5. The highest BCUT2D eigenvalue weighted by Gasteiger charge is 2.29. The van der Waals surface area contributed by atoms with Gasteiger partial charge >= 0.3 is 6.03 Å². The van der Waals surface area contributed by atoms with Crippen molar-refractivity contribution in [3.05, 3.63) is 99.6 Å². The van der Waals surface area contributed by atoms with Crippen LogP contribution in [0, 0.1) is 6.92 Å². The predicted molar refractivity (Wildman–Crippen MR) is 147 cm³/mol. The summed E-state index contributed by atoms with van der Waals surface area (Å²) in [7, 11) is 0. The number of aryl methyl sites for hydroxylation is 1. The quantitative estimate of drug-likeness (QED) is 0.278. The molecule has 0 saturated carbocycles. The molecule has 36 heavy (non-hydrogen) atoms. The zero-order chi connectivity index (χ0) is 25.7. The molecule has 3 aromatic carbocycles. The molecule has 1 unspecified atom stereocenters. The lowest BCUT2D eigenvalue weighted by atomic mass is 10.1. The fourth-order valence-electron chi connectivity index (χ4n) is 4.34. The second-order valence-electron chi connectivity index (χ2n) is 8.87. The number of hydrogen-bond acceptors (Lipinski definition) is 3. The van der Waals surface area contributed by atoms with Gasteiger partial charge in [0.2, 0.25) is 0 Å². The van der Waals surface area contributed by atoms with Gasteiger partial charge in [-0.3, -0.25) is 9.36 Å². The van der Waals surface area contributed by atoms with Crippen LogP contribution in [0.15, 0.2) is 77.6 Å². The van der Waals surface area contributed by atoms with Crippen LogP contribution in [0.25, 0.3) is 16.6 Å². The Kier molecular flexibility index (Phi) is 8.06. The van der Waals surface area contributed by atoms with Gasteiger partial charge in [-0.25, -0.2) is 9.78 Å². The van der Waals surface area contributed by atoms with Crippen molar-refractivity contribution in [1.29, 1.82) is 0 Å². The van der Waals surface area contributed by atoms with Crippen LogP contribution >= 0.6 is 11.6 Å². The highest BCUT2D eigenvalue weighted by molar-refractivity contribution is 6.30. The first kappa shape index (κ1) is 25.5. The topological polar surface area (TPSA) is 67.2 Å². The Morgan fingerprint density at radius 1 is 1.06 bits per heavy atom. The van der Waals surface area contributed by atoms with Gasteiger partial charge in [0, 0.05) is 17.3 Å². The number of hydrogen-bond donors (Lipinski definition) is 1. The van der Waals surface area contributed by atoms with E-state index in [1.807, 2.05) is 68.4 Å². The maximum atomic E-state index is 13.8. The number of amides is 2. The Bertz CT molecular complexity index is 1420. The number of carbonyl (C=O) groups is 1. The van der Waals surface area contributed by atoms with Crippen LogP contribution in [0.1, 0.15) is 50.5 Å². The van der Waals surface area contributed by atoms with Gasteiger partial charge in [-0.1, -0.05) is 67.8 Å². The number of urea groups is 1. The number of rotatable bonds is 8. The summed E-state index contributed by atoms with van der Waals surface area (Å²) in [5, 5.41) is 4.07. The van der Waals surface area contributed by atoms with Crippen LogP contribution in [0.3, 0.4) is 0 Å². The lowest BCUT2D eigenvalue weighted by molar-refractivity contribution is 0.180. The molecule has 0 bridgehead atoms. The summed E-state index contributed by atoms with van der Waals surface area (Å²) < 4.78 is 1.60. The minimum Gasteiger partial charge on any atom is -0.314 e. The van der Waals surface area contributed by atoms with Gasteiger partial charge in [-0.2, -0.15) is 0 Å². The number of benzene rings is 3. The molecule has 1 N–H and O–H groups in total. The molecule has 1 aromatic heterocycles. The fourth-order valence-corrected chi connectivity index (χ4v) is 4.52. The summed E-state index contributed by atoms with van der Waals surface area (Å²) in [5.74, 6) is 0.513. The van der Waals surface area contributed by atoms with E-state index in [9.17, 15) is 9.59 Å². The average Bonchev–Trinajstić information content (AvgIpc) is 2.88. The van der Waals surface area contributed by atoms with Crippen molar-refractivity contribution in [2.75, 3.05) is 11.9 Å². The van der Waals surface area contributed by atoms with Crippen LogP contribution in [0.4, 0.5) is 10.5 Å². The van der Waals surface area contributed by atoms with Gasteiger partial charge in [0.25, 0.3) is 5.56 Å². The normalized spacial score (nSPS) is 11.9. The van der Waals surface area contributed by atoms with Crippen molar-refractivity contribution in [2.45, 2.75) is 46.1 Å². The molecule has 0 saturated heterocycles. The Hall–Kier alpha value is -3.64. The molecule has 4 aromatic rings. The van der Waals surface area contributed by atoms with E-state index in [2.05, 4.69) is 12.2 Å². The molecule has 0 fully saturated rings. The van der Waals surface area contributed by atoms with Gasteiger partial charge in [-0.15, -0.1) is 0 Å². The van der Waals surface area contributed by atoms with Crippen LogP contribution in [-0.2, 0) is 0 Å². The van der Waals surface area contributed by atoms with Gasteiger partial charge < -0.3 is 10.2 Å². The fraction of sp³-hybridized carbons (Fsp3) is 0.276. The highest BCUT2D eigenvalue weighted by Crippen LogP contribution is 2.28. The van der Waals surface area contributed by atoms with E-state index in [4.69, 9.17) is 16.6 Å². The number of anilines is 1. The average molecular weight is 503 g/mol. The third kappa shape index (κ3) is 5.44. The molecule has 0 spiro atoms. The van der Waals surface area contributed by atoms with Gasteiger partial charge in [-0.05, 0) is 62.2 Å². The third-order valence-corrected chi connectivity index (χ3v) is 6.48. The summed E-state index contributed by atoms with van der Waals surface area (Å²) in [6, 6.07) is 21.5. The van der Waals surface area contributed by atoms with E-state index in [1.54, 1.807) is 27.7 Å². The van der Waals surface area contributed by atoms with Crippen molar-refractivity contribution in [1.82, 2.24) is 14.5 Å². The minimum absolute atomic E-state index is 0.189. The first-order valence-corrected chi connectivity index (χ1v) is 12.7. The molecule has 6 nitrogen and oxygen atoms in total. The molecule has 2 amide bonds. The van der Waals surface area contributed by atoms with E-state index in [-0.39, 0.29) is 11.6 Å². The molecular formula is C29H31ClN4O2. The van der Waals surface area contributed by atoms with Crippen molar-refractivity contribution < 1.29 is 4.79 Å². The third-order valence-electron chi connectivity index (χ3n) is 6.25. The Labute approximate surface area is 216 Å². The first-order valence-electron chi connectivity index (χ1n) is 12.3. The number of nitrogens with one attached hydrogen (secondary N) is 1. The van der Waals surface area contributed by atoms with Crippen LogP contribution in [0.5, 0.6) is 0 Å². The number of para-hydroxylation sites is 1. The molecule has 4 rings (SSSR count). The van der Waals surface area contributed by atoms with Gasteiger partial charge in [0.05, 0.1) is 22.6 Å². The lowest BCUT2D eigenvalue weighted by Gasteiger charge is -2.32. The van der Waals surface area contributed by atoms with E-state index in [0.717, 1.165) is 24.1 Å². The summed E-state index contributed by atoms with van der Waals surface area (Å²) in [4.78, 5) is 34.1. The zero-order valence-corrected chi connectivity index (χ0v) is 21.6. The summed E-state index contributed by atoms with van der Waals surface area (Å²) >= 11 is 6.30. The first-order chi connectivity index (χ1) is 17.4. The smallest absolute Gasteiger partial charge is 0.314 e. The van der Waals surface area contributed by atoms with Crippen molar-refractivity contribution in [3.63, 3.8) is 0 Å². The lowest BCUT2D eigenvalue weighted by Crippen LogP contribution is -2.41. The number of unbranched alkanes of at least 4 members (excludes halogenated alkanes) is 1. The van der Waals surface area contributed by atoms with E-state index in [1.165, 1.54) is 0 Å². The van der Waals surface area contributed by atoms with Crippen molar-refractivity contribution in [2.24, 2.45) is 0 Å². The number of carbonyl (C=O) groups excluding carboxylic acids is 1. The zero-order valence-electron chi connectivity index (χ0n) is 20.9. The van der Waals surface area contributed by atoms with Crippen LogP contribution < -0.4 is 10.9 Å². The Morgan fingerprint density at radius 3 is 2.50 bits per heavy atom. The SMILES string of the molecule is CCCCN(C(=O)Nc1ccc(C)cc1)C(CC)c1nc2ccccc2c(=O)n1-c1cccc(Cl)c1. The van der Waals surface area contributed by atoms with Crippen LogP contribution in [0.2, 0.25) is 5.02 Å². The second-order valence-corrected chi connectivity index (χ2v) is 9.31. The van der Waals surface area contributed by atoms with Gasteiger partial charge in [0.1, 0.15) is 5.82 Å². The number of halogens is 1. The summed E-state index contributed by atoms with van der Waals surface area (Å²) in [5.41, 5.74) is 2.87. The van der Waals surface area contributed by atoms with Crippen molar-refractivity contribution in [3.8, 4) is 5.69 Å². The molecule has 7 heteroatoms. The van der Waals surface area contributed by atoms with E-state index >= 15 is 0 Å². The number of aromatic nitrogens is 2. The summed E-state index contributed by atoms with van der Waals surface area (Å²) in [6.45, 7) is 6.64. The minimum atomic E-state index is -0.432. The molecule has 0 radical (unpaired) electrons. The summed E-state index contributed by atoms with van der Waals surface area (Å²) in [6.07, 6.45) is 2.33. The number of nitrogens with zero attached hydrogens (tertiary/aromatic N) is 3. The Morgan fingerprint density at radius 2 is 1.81 bits per heavy atom. The molecule has 0 aliphatic rings. The molecular weight excluding hydrogens is 472 g/mol. The predicted octanol–water partition coefficient (Wildman–Crippen LogP) is 7.13. The maximum Gasteiger partial charge on any atom is 0.322 e. The maximum absolute atomic E-state index is 13.8. The molecule has 1 heterocycles. The molecule has 0 aliphatic carbocycles. The number of fused-ring (bicyclic) bond motifs is 1. The van der Waals surface area contributed by atoms with E-state index in [0.29, 0.717) is 40.4 Å². The second kappa shape index (κ2) is 11.4. The van der Waals surface area contributed by atoms with Crippen molar-refractivity contribution >= 4 is 34.2 Å². The van der Waals surface area contributed by atoms with E-state index < -0.39 is 6.04 Å². The van der Waals surface area contributed by atoms with Gasteiger partial charge in [0.15, 0.2) is 0 Å².